The molecule has 0 bridgehead atoms. The second-order valence-electron chi connectivity index (χ2n) is 7.09. The summed E-state index contributed by atoms with van der Waals surface area (Å²) >= 11 is 1.44. The van der Waals surface area contributed by atoms with Crippen molar-refractivity contribution in [3.8, 4) is 11.5 Å². The summed E-state index contributed by atoms with van der Waals surface area (Å²) in [5, 5.41) is 0.705. The Balaban J connectivity index is 1.39. The summed E-state index contributed by atoms with van der Waals surface area (Å²) in [6, 6.07) is 9.28. The molecule has 9 heteroatoms. The Kier molecular flexibility index (Phi) is 6.50. The lowest BCUT2D eigenvalue weighted by molar-refractivity contribution is 0.423. The predicted octanol–water partition coefficient (Wildman–Crippen LogP) is 4.73. The summed E-state index contributed by atoms with van der Waals surface area (Å²) in [4.78, 5) is 8.95. The number of hydrogen-bond acceptors (Lipinski definition) is 6. The first-order valence-electron chi connectivity index (χ1n) is 9.82. The van der Waals surface area contributed by atoms with Gasteiger partial charge in [0, 0.05) is 30.6 Å². The average molecular weight is 448 g/mol. The number of pyridine rings is 1. The number of halogens is 1. The van der Waals surface area contributed by atoms with Crippen LogP contribution in [0, 0.1) is 5.82 Å². The molecule has 6 nitrogen and oxygen atoms in total. The minimum atomic E-state index is -3.49. The van der Waals surface area contributed by atoms with Crippen molar-refractivity contribution in [2.24, 2.45) is 0 Å². The lowest BCUT2D eigenvalue weighted by atomic mass is 10.2. The molecular weight excluding hydrogens is 425 g/mol. The van der Waals surface area contributed by atoms with Crippen LogP contribution in [0.3, 0.4) is 0 Å². The fourth-order valence-electron chi connectivity index (χ4n) is 3.28. The summed E-state index contributed by atoms with van der Waals surface area (Å²) in [6.07, 6.45) is 6.94. The number of sulfonamides is 1. The quantitative estimate of drug-likeness (QED) is 0.509. The Morgan fingerprint density at radius 3 is 2.43 bits per heavy atom. The van der Waals surface area contributed by atoms with Crippen LogP contribution in [0.5, 0.6) is 0 Å². The fourth-order valence-corrected chi connectivity index (χ4v) is 5.46. The van der Waals surface area contributed by atoms with Crippen LogP contribution in [0.1, 0.15) is 31.4 Å². The Morgan fingerprint density at radius 1 is 1.03 bits per heavy atom. The van der Waals surface area contributed by atoms with Crippen molar-refractivity contribution in [1.82, 2.24) is 14.3 Å². The van der Waals surface area contributed by atoms with Crippen LogP contribution < -0.4 is 0 Å². The van der Waals surface area contributed by atoms with Gasteiger partial charge in [0.25, 0.3) is 0 Å². The molecule has 0 unspecified atom stereocenters. The van der Waals surface area contributed by atoms with Crippen molar-refractivity contribution < 1.29 is 17.2 Å². The Hall–Kier alpha value is -2.23. The van der Waals surface area contributed by atoms with Gasteiger partial charge in [0.2, 0.25) is 15.9 Å². The highest BCUT2D eigenvalue weighted by atomic mass is 32.2. The molecule has 30 heavy (non-hydrogen) atoms. The maximum absolute atomic E-state index is 13.0. The number of thioether (sulfide) groups is 1. The highest BCUT2D eigenvalue weighted by Gasteiger charge is 2.25. The molecular formula is C21H22FN3O3S2. The molecule has 0 N–H and O–H groups in total. The van der Waals surface area contributed by atoms with E-state index < -0.39 is 10.0 Å². The van der Waals surface area contributed by atoms with Crippen molar-refractivity contribution >= 4 is 21.8 Å². The molecule has 3 aromatic rings. The summed E-state index contributed by atoms with van der Waals surface area (Å²) in [5.41, 5.74) is 1.43. The number of hydrogen-bond donors (Lipinski definition) is 0. The molecule has 0 spiro atoms. The van der Waals surface area contributed by atoms with E-state index in [0.717, 1.165) is 31.4 Å². The third kappa shape index (κ3) is 4.91. The van der Waals surface area contributed by atoms with Crippen LogP contribution in [0.2, 0.25) is 0 Å². The molecule has 1 aliphatic heterocycles. The summed E-state index contributed by atoms with van der Waals surface area (Å²) in [6.45, 7) is 1.14. The van der Waals surface area contributed by atoms with Crippen LogP contribution in [0.15, 0.2) is 63.2 Å². The maximum Gasteiger partial charge on any atom is 0.244 e. The van der Waals surface area contributed by atoms with Gasteiger partial charge in [0.05, 0.1) is 10.7 Å². The topological polar surface area (TPSA) is 76.3 Å². The zero-order valence-electron chi connectivity index (χ0n) is 16.3. The highest BCUT2D eigenvalue weighted by molar-refractivity contribution is 7.98. The number of aromatic nitrogens is 2. The summed E-state index contributed by atoms with van der Waals surface area (Å²) < 4.78 is 45.7. The molecule has 1 aliphatic rings. The van der Waals surface area contributed by atoms with Crippen molar-refractivity contribution in [3.05, 3.63) is 60.4 Å². The van der Waals surface area contributed by atoms with Crippen LogP contribution in [0.4, 0.5) is 4.39 Å². The van der Waals surface area contributed by atoms with Gasteiger partial charge in [-0.1, -0.05) is 24.6 Å². The van der Waals surface area contributed by atoms with E-state index in [-0.39, 0.29) is 10.7 Å². The molecule has 0 radical (unpaired) electrons. The van der Waals surface area contributed by atoms with E-state index in [9.17, 15) is 12.8 Å². The van der Waals surface area contributed by atoms with Crippen LogP contribution in [-0.2, 0) is 15.8 Å². The van der Waals surface area contributed by atoms with Gasteiger partial charge in [0.1, 0.15) is 17.0 Å². The van der Waals surface area contributed by atoms with Gasteiger partial charge < -0.3 is 4.42 Å². The van der Waals surface area contributed by atoms with Crippen LogP contribution in [-0.4, -0.2) is 35.8 Å². The maximum atomic E-state index is 13.0. The number of nitrogens with zero attached hydrogens (tertiary/aromatic N) is 3. The molecule has 3 heterocycles. The molecule has 2 aromatic heterocycles. The molecule has 1 aromatic carbocycles. The van der Waals surface area contributed by atoms with E-state index in [1.165, 1.54) is 30.1 Å². The zero-order valence-corrected chi connectivity index (χ0v) is 18.0. The van der Waals surface area contributed by atoms with E-state index in [2.05, 4.69) is 9.97 Å². The van der Waals surface area contributed by atoms with Crippen LogP contribution >= 0.6 is 11.8 Å². The lowest BCUT2D eigenvalue weighted by Gasteiger charge is -2.19. The number of rotatable bonds is 6. The SMILES string of the molecule is O=S(=O)(c1ccc(SCc2coc(-c3ccc(F)cc3)n2)nc1)N1CCCCCC1. The predicted molar refractivity (Wildman–Crippen MR) is 113 cm³/mol. The minimum Gasteiger partial charge on any atom is -0.444 e. The van der Waals surface area contributed by atoms with E-state index in [0.29, 0.717) is 35.3 Å². The Morgan fingerprint density at radius 2 is 1.77 bits per heavy atom. The third-order valence-electron chi connectivity index (χ3n) is 4.92. The normalized spacial score (nSPS) is 15.8. The van der Waals surface area contributed by atoms with Gasteiger partial charge in [-0.2, -0.15) is 4.31 Å². The number of oxazole rings is 1. The fraction of sp³-hybridized carbons (Fsp3) is 0.333. The van der Waals surface area contributed by atoms with Gasteiger partial charge in [-0.15, -0.1) is 0 Å². The highest BCUT2D eigenvalue weighted by Crippen LogP contribution is 2.26. The summed E-state index contributed by atoms with van der Waals surface area (Å²) in [7, 11) is -3.49. The first kappa shape index (κ1) is 21.0. The Labute approximate surface area is 179 Å². The molecule has 0 atom stereocenters. The van der Waals surface area contributed by atoms with E-state index in [1.54, 1.807) is 34.8 Å². The van der Waals surface area contributed by atoms with Gasteiger partial charge in [-0.25, -0.2) is 22.8 Å². The molecule has 1 fully saturated rings. The molecule has 0 amide bonds. The molecule has 158 valence electrons. The van der Waals surface area contributed by atoms with E-state index >= 15 is 0 Å². The van der Waals surface area contributed by atoms with Crippen molar-refractivity contribution in [2.75, 3.05) is 13.1 Å². The number of benzene rings is 1. The van der Waals surface area contributed by atoms with Gasteiger partial charge >= 0.3 is 0 Å². The standard InChI is InChI=1S/C21H22FN3O3S2/c22-17-7-5-16(6-8-17)21-24-18(14-28-21)15-29-20-10-9-19(13-23-20)30(26,27)25-11-3-1-2-4-12-25/h5-10,13-14H,1-4,11-12,15H2. The Bertz CT molecular complexity index is 1080. The summed E-state index contributed by atoms with van der Waals surface area (Å²) in [5.74, 6) is 0.640. The zero-order chi connectivity index (χ0) is 21.0. The first-order valence-corrected chi connectivity index (χ1v) is 12.2. The molecule has 0 saturated carbocycles. The largest absolute Gasteiger partial charge is 0.444 e. The second kappa shape index (κ2) is 9.28. The average Bonchev–Trinajstić information content (AvgIpc) is 3.05. The van der Waals surface area contributed by atoms with Crippen molar-refractivity contribution in [3.63, 3.8) is 0 Å². The monoisotopic (exact) mass is 447 g/mol. The molecule has 0 aliphatic carbocycles. The van der Waals surface area contributed by atoms with Gasteiger partial charge in [-0.3, -0.25) is 0 Å². The lowest BCUT2D eigenvalue weighted by Crippen LogP contribution is -2.32. The second-order valence-corrected chi connectivity index (χ2v) is 10.0. The van der Waals surface area contributed by atoms with Crippen molar-refractivity contribution in [2.45, 2.75) is 41.4 Å². The molecule has 1 saturated heterocycles. The molecule has 4 rings (SSSR count). The third-order valence-corrected chi connectivity index (χ3v) is 7.78. The first-order chi connectivity index (χ1) is 14.5. The van der Waals surface area contributed by atoms with E-state index in [4.69, 9.17) is 4.42 Å². The van der Waals surface area contributed by atoms with Gasteiger partial charge in [0.15, 0.2) is 0 Å². The minimum absolute atomic E-state index is 0.230. The smallest absolute Gasteiger partial charge is 0.244 e. The van der Waals surface area contributed by atoms with Crippen molar-refractivity contribution in [1.29, 1.82) is 0 Å². The van der Waals surface area contributed by atoms with E-state index in [1.807, 2.05) is 0 Å². The van der Waals surface area contributed by atoms with Crippen LogP contribution in [0.25, 0.3) is 11.5 Å². The van der Waals surface area contributed by atoms with Gasteiger partial charge in [-0.05, 0) is 49.2 Å².